The van der Waals surface area contributed by atoms with E-state index in [9.17, 15) is 11.0 Å². The van der Waals surface area contributed by atoms with Crippen molar-refractivity contribution in [3.8, 4) is 66.8 Å². The van der Waals surface area contributed by atoms with Gasteiger partial charge in [0.1, 0.15) is 22.3 Å². The van der Waals surface area contributed by atoms with Gasteiger partial charge < -0.3 is 8.83 Å². The molecule has 2 heteroatoms. The van der Waals surface area contributed by atoms with E-state index in [1.54, 1.807) is 6.07 Å². The van der Waals surface area contributed by atoms with Crippen molar-refractivity contribution in [1.29, 1.82) is 0 Å². The average Bonchev–Trinajstić information content (AvgIpc) is 0.833. The fraction of sp³-hybridized carbons (Fsp3) is 0. The first-order valence-electron chi connectivity index (χ1n) is 40.5. The second kappa shape index (κ2) is 22.4. The zero-order valence-corrected chi connectivity index (χ0v) is 52.1. The van der Waals surface area contributed by atoms with Crippen LogP contribution in [0.25, 0.3) is 208 Å². The minimum absolute atomic E-state index is 0.161. The van der Waals surface area contributed by atoms with Gasteiger partial charge in [0.25, 0.3) is 0 Å². The Morgan fingerprint density at radius 2 is 0.480 bits per heavy atom. The Bertz CT molecular complexity index is 7720. The molecule has 0 bridgehead atoms. The minimum atomic E-state index is -0.443. The third-order valence-electron chi connectivity index (χ3n) is 19.6. The van der Waals surface area contributed by atoms with Crippen LogP contribution in [0.15, 0.2) is 360 Å². The zero-order chi connectivity index (χ0) is 78.3. The molecule has 98 heavy (non-hydrogen) atoms. The lowest BCUT2D eigenvalue weighted by Crippen LogP contribution is -1.93. The summed E-state index contributed by atoms with van der Waals surface area (Å²) in [5, 5.41) is 13.6. The number of furan rings is 2. The standard InChI is InChI=1S/C50H30O.C46H28O/c1-2-15-33-30-47-45(29-32(33)14-1)50-44(25-12-26-46(50)51-47)49-41-22-9-7-20-39(41)48(40-21-8-10-23-42(40)49)43-28-27-38(36-18-5-6-19-37(36)43)35-24-11-16-31-13-3-4-17-34(31)35;1-2-13-29(14-3-1)32-25-26-39(34-18-7-6-17-33(32)34)44-35-19-8-10-21-37(35)45(38-22-11-9-20-36(38)44)40-23-12-24-42-46(40)41-27-30-15-4-5-16-31(30)28-43(41)47-42/h1-30H;1-28H/i7D,8D,9D,10D,20D,21D,22D,23D;8D,9D,10D,11D,19D,20D,21D,22D. The number of fused-ring (bicyclic) bond motifs is 15. The predicted octanol–water partition coefficient (Wildman–Crippen LogP) is 27.6. The van der Waals surface area contributed by atoms with Gasteiger partial charge in [-0.25, -0.2) is 0 Å². The van der Waals surface area contributed by atoms with Crippen molar-refractivity contribution in [2.24, 2.45) is 0 Å². The normalized spacial score (nSPS) is 14.2. The maximum absolute atomic E-state index is 9.60. The third kappa shape index (κ3) is 8.68. The summed E-state index contributed by atoms with van der Waals surface area (Å²) in [5.74, 6) is 0. The van der Waals surface area contributed by atoms with Gasteiger partial charge in [-0.2, -0.15) is 0 Å². The molecule has 0 unspecified atom stereocenters. The van der Waals surface area contributed by atoms with Gasteiger partial charge in [-0.3, -0.25) is 0 Å². The topological polar surface area (TPSA) is 26.3 Å². The van der Waals surface area contributed by atoms with Gasteiger partial charge in [-0.1, -0.05) is 315 Å². The highest BCUT2D eigenvalue weighted by atomic mass is 16.3. The van der Waals surface area contributed by atoms with Crippen LogP contribution in [0.1, 0.15) is 21.9 Å². The lowest BCUT2D eigenvalue weighted by Gasteiger charge is -2.20. The van der Waals surface area contributed by atoms with Crippen molar-refractivity contribution in [1.82, 2.24) is 0 Å². The highest BCUT2D eigenvalue weighted by Gasteiger charge is 2.25. The molecule has 0 aliphatic heterocycles. The minimum Gasteiger partial charge on any atom is -0.456 e. The number of benzene rings is 19. The van der Waals surface area contributed by atoms with Gasteiger partial charge in [-0.05, 0) is 200 Å². The first-order chi connectivity index (χ1) is 55.3. The molecule has 0 radical (unpaired) electrons. The summed E-state index contributed by atoms with van der Waals surface area (Å²) in [6.07, 6.45) is 0. The van der Waals surface area contributed by atoms with E-state index in [0.717, 1.165) is 86.9 Å². The predicted molar refractivity (Wildman–Crippen MR) is 418 cm³/mol. The van der Waals surface area contributed by atoms with E-state index in [2.05, 4.69) is 24.3 Å². The van der Waals surface area contributed by atoms with Crippen LogP contribution in [0.5, 0.6) is 0 Å². The van der Waals surface area contributed by atoms with Gasteiger partial charge in [0.15, 0.2) is 0 Å². The van der Waals surface area contributed by atoms with Crippen molar-refractivity contribution in [2.45, 2.75) is 0 Å². The van der Waals surface area contributed by atoms with E-state index in [1.165, 1.54) is 0 Å². The number of rotatable bonds is 6. The smallest absolute Gasteiger partial charge is 0.136 e. The summed E-state index contributed by atoms with van der Waals surface area (Å²) >= 11 is 0. The summed E-state index contributed by atoms with van der Waals surface area (Å²) in [6, 6.07) is 76.7. The molecule has 0 amide bonds. The Hall–Kier alpha value is -12.9. The lowest BCUT2D eigenvalue weighted by molar-refractivity contribution is 0.669. The molecule has 2 aromatic heterocycles. The molecule has 0 aliphatic carbocycles. The Labute approximate surface area is 587 Å². The lowest BCUT2D eigenvalue weighted by atomic mass is 9.83. The third-order valence-corrected chi connectivity index (χ3v) is 19.6. The number of hydrogen-bond donors (Lipinski definition) is 0. The van der Waals surface area contributed by atoms with E-state index in [4.69, 9.17) is 19.8 Å². The molecule has 0 fully saturated rings. The van der Waals surface area contributed by atoms with Crippen molar-refractivity contribution >= 4 is 141 Å². The zero-order valence-electron chi connectivity index (χ0n) is 68.1. The molecule has 0 aliphatic rings. The number of hydrogen-bond acceptors (Lipinski definition) is 2. The average molecular weight is 1260 g/mol. The molecule has 2 heterocycles. The molecular formula is C96H58O2. The van der Waals surface area contributed by atoms with Crippen LogP contribution in [0.4, 0.5) is 0 Å². The van der Waals surface area contributed by atoms with E-state index < -0.39 is 48.3 Å². The summed E-state index contributed by atoms with van der Waals surface area (Å²) in [5.41, 5.74) is 9.70. The van der Waals surface area contributed by atoms with E-state index in [-0.39, 0.29) is 97.0 Å². The van der Waals surface area contributed by atoms with Gasteiger partial charge >= 0.3 is 0 Å². The Morgan fingerprint density at radius 3 is 0.918 bits per heavy atom. The molecule has 21 aromatic rings. The van der Waals surface area contributed by atoms with Crippen molar-refractivity contribution in [3.63, 3.8) is 0 Å². The van der Waals surface area contributed by atoms with Gasteiger partial charge in [0.2, 0.25) is 0 Å². The SMILES string of the molecule is [2H]c1c([2H])c([2H])c2c(-c3cccc4oc5cc6ccccc6cc5c34)c3c([2H])c([2H])c([2H])c([2H])c3c(-c3ccc(-c4cccc5ccccc45)c4ccccc34)c2c1[2H].[2H]c1c([2H])c([2H])c2c(-c3cccc4oc5cc6ccccc6cc5c34)c3c([2H])c([2H])c([2H])c([2H])c3c(-c3ccc(-c4ccccc4)c4ccccc34)c2c1[2H]. The molecule has 454 valence electrons. The van der Waals surface area contributed by atoms with Crippen LogP contribution in [0.2, 0.25) is 0 Å². The highest BCUT2D eigenvalue weighted by Crippen LogP contribution is 2.52. The highest BCUT2D eigenvalue weighted by molar-refractivity contribution is 6.30. The fourth-order valence-electron chi connectivity index (χ4n) is 15.4. The maximum atomic E-state index is 9.60. The van der Waals surface area contributed by atoms with E-state index >= 15 is 0 Å². The van der Waals surface area contributed by atoms with Crippen LogP contribution in [-0.4, -0.2) is 0 Å². The van der Waals surface area contributed by atoms with Crippen molar-refractivity contribution in [2.75, 3.05) is 0 Å². The van der Waals surface area contributed by atoms with Crippen LogP contribution in [-0.2, 0) is 0 Å². The Balaban J connectivity index is 0.000000148. The van der Waals surface area contributed by atoms with Crippen LogP contribution in [0.3, 0.4) is 0 Å². The van der Waals surface area contributed by atoms with E-state index in [1.807, 2.05) is 224 Å². The van der Waals surface area contributed by atoms with E-state index in [0.29, 0.717) is 72.0 Å². The molecular weight excluding hydrogens is 1190 g/mol. The Kier molecular flexibility index (Phi) is 9.54. The van der Waals surface area contributed by atoms with Gasteiger partial charge in [0.05, 0.1) is 21.9 Å². The molecule has 2 nitrogen and oxygen atoms in total. The maximum Gasteiger partial charge on any atom is 0.136 e. The molecule has 0 atom stereocenters. The summed E-state index contributed by atoms with van der Waals surface area (Å²) in [6.45, 7) is 0. The molecule has 0 saturated heterocycles. The summed E-state index contributed by atoms with van der Waals surface area (Å²) in [7, 11) is 0. The molecule has 0 saturated carbocycles. The monoisotopic (exact) mass is 1260 g/mol. The van der Waals surface area contributed by atoms with Crippen molar-refractivity contribution in [3.05, 3.63) is 351 Å². The Morgan fingerprint density at radius 1 is 0.184 bits per heavy atom. The van der Waals surface area contributed by atoms with Crippen molar-refractivity contribution < 1.29 is 30.8 Å². The quantitative estimate of drug-likeness (QED) is 0.155. The molecule has 0 spiro atoms. The fourth-order valence-corrected chi connectivity index (χ4v) is 15.4. The molecule has 21 rings (SSSR count). The first kappa shape index (κ1) is 41.7. The van der Waals surface area contributed by atoms with Crippen LogP contribution in [0, 0.1) is 0 Å². The summed E-state index contributed by atoms with van der Waals surface area (Å²) in [4.78, 5) is 0. The largest absolute Gasteiger partial charge is 0.456 e. The van der Waals surface area contributed by atoms with Crippen LogP contribution >= 0.6 is 0 Å². The second-order valence-corrected chi connectivity index (χ2v) is 24.8. The first-order valence-corrected chi connectivity index (χ1v) is 32.5. The summed E-state index contributed by atoms with van der Waals surface area (Å²) < 4.78 is 161. The molecule has 0 N–H and O–H groups in total. The molecule has 19 aromatic carbocycles. The van der Waals surface area contributed by atoms with Gasteiger partial charge in [0, 0.05) is 21.5 Å². The second-order valence-electron chi connectivity index (χ2n) is 24.8. The van der Waals surface area contributed by atoms with Gasteiger partial charge in [-0.15, -0.1) is 0 Å². The van der Waals surface area contributed by atoms with Crippen LogP contribution < -0.4 is 0 Å².